The van der Waals surface area contributed by atoms with Gasteiger partial charge in [-0.2, -0.15) is 0 Å². The predicted octanol–water partition coefficient (Wildman–Crippen LogP) is 4.00. The van der Waals surface area contributed by atoms with Gasteiger partial charge in [-0.15, -0.1) is 0 Å². The Labute approximate surface area is 124 Å². The van der Waals surface area contributed by atoms with Crippen LogP contribution in [0.1, 0.15) is 52.1 Å². The number of nitrogens with one attached hydrogen (secondary N) is 1. The lowest BCUT2D eigenvalue weighted by atomic mass is 10.2. The van der Waals surface area contributed by atoms with E-state index in [4.69, 9.17) is 4.74 Å². The highest BCUT2D eigenvalue weighted by Gasteiger charge is 2.28. The molecule has 1 aromatic carbocycles. The highest BCUT2D eigenvalue weighted by Crippen LogP contribution is 2.37. The molecule has 0 saturated heterocycles. The van der Waals surface area contributed by atoms with Crippen LogP contribution in [0.4, 0.5) is 4.39 Å². The van der Waals surface area contributed by atoms with E-state index in [-0.39, 0.29) is 17.2 Å². The van der Waals surface area contributed by atoms with Crippen molar-refractivity contribution in [1.82, 2.24) is 9.97 Å². The maximum atomic E-state index is 13.4. The Balaban J connectivity index is 0.000000510. The molecule has 1 heterocycles. The summed E-state index contributed by atoms with van der Waals surface area (Å²) in [5, 5.41) is 0. The van der Waals surface area contributed by atoms with Crippen LogP contribution in [-0.4, -0.2) is 17.1 Å². The van der Waals surface area contributed by atoms with Crippen LogP contribution in [0.25, 0.3) is 11.0 Å². The van der Waals surface area contributed by atoms with Crippen molar-refractivity contribution < 1.29 is 9.13 Å². The van der Waals surface area contributed by atoms with Gasteiger partial charge in [0.2, 0.25) is 0 Å². The van der Waals surface area contributed by atoms with Crippen LogP contribution in [0.2, 0.25) is 0 Å². The quantitative estimate of drug-likeness (QED) is 0.910. The molecule has 0 unspecified atom stereocenters. The third kappa shape index (κ3) is 3.80. The van der Waals surface area contributed by atoms with Crippen molar-refractivity contribution in [3.05, 3.63) is 34.0 Å². The topological polar surface area (TPSA) is 55.0 Å². The molecular formula is C16H23FN2O2. The first-order chi connectivity index (χ1) is 10.2. The van der Waals surface area contributed by atoms with Gasteiger partial charge in [-0.25, -0.2) is 9.37 Å². The fraction of sp³-hybridized carbons (Fsp3) is 0.500. The van der Waals surface area contributed by atoms with Gasteiger partial charge in [0.05, 0.1) is 18.1 Å². The standard InChI is InChI=1S/C12H11FN2O2.2C2H6/c1-17-10-5-9-8(4-7(10)13)15-12(16)11(14-9)6-2-3-6;2*1-2/h4-6H,2-3H2,1H3,(H,15,16);2*1-2H3. The van der Waals surface area contributed by atoms with Crippen LogP contribution in [0.15, 0.2) is 16.9 Å². The van der Waals surface area contributed by atoms with E-state index in [9.17, 15) is 9.18 Å². The van der Waals surface area contributed by atoms with Gasteiger partial charge in [0, 0.05) is 18.1 Å². The van der Waals surface area contributed by atoms with Gasteiger partial charge in [-0.05, 0) is 12.8 Å². The molecule has 1 aliphatic rings. The summed E-state index contributed by atoms with van der Waals surface area (Å²) in [6.07, 6.45) is 2.00. The molecule has 0 amide bonds. The number of hydrogen-bond donors (Lipinski definition) is 1. The fourth-order valence-electron chi connectivity index (χ4n) is 1.89. The highest BCUT2D eigenvalue weighted by molar-refractivity contribution is 5.76. The Hall–Kier alpha value is -1.91. The second-order valence-corrected chi connectivity index (χ2v) is 4.23. The summed E-state index contributed by atoms with van der Waals surface area (Å²) < 4.78 is 18.3. The molecule has 3 rings (SSSR count). The van der Waals surface area contributed by atoms with Gasteiger partial charge >= 0.3 is 0 Å². The minimum atomic E-state index is -0.503. The molecule has 21 heavy (non-hydrogen) atoms. The summed E-state index contributed by atoms with van der Waals surface area (Å²) in [4.78, 5) is 18.7. The number of benzene rings is 1. The molecule has 0 radical (unpaired) electrons. The average molecular weight is 294 g/mol. The minimum absolute atomic E-state index is 0.138. The zero-order valence-electron chi connectivity index (χ0n) is 13.3. The number of ether oxygens (including phenoxy) is 1. The number of hydrogen-bond acceptors (Lipinski definition) is 3. The van der Waals surface area contributed by atoms with Gasteiger partial charge in [0.15, 0.2) is 11.6 Å². The summed E-state index contributed by atoms with van der Waals surface area (Å²) >= 11 is 0. The van der Waals surface area contributed by atoms with Crippen LogP contribution >= 0.6 is 0 Å². The number of aromatic nitrogens is 2. The van der Waals surface area contributed by atoms with E-state index in [1.165, 1.54) is 19.2 Å². The van der Waals surface area contributed by atoms with E-state index in [0.29, 0.717) is 16.7 Å². The van der Waals surface area contributed by atoms with Crippen molar-refractivity contribution in [3.63, 3.8) is 0 Å². The van der Waals surface area contributed by atoms with Gasteiger partial charge in [0.1, 0.15) is 5.69 Å². The second kappa shape index (κ2) is 7.76. The van der Waals surface area contributed by atoms with Crippen molar-refractivity contribution >= 4 is 11.0 Å². The average Bonchev–Trinajstić information content (AvgIpc) is 3.35. The number of H-pyrrole nitrogens is 1. The lowest BCUT2D eigenvalue weighted by Crippen LogP contribution is -2.14. The highest BCUT2D eigenvalue weighted by atomic mass is 19.1. The summed E-state index contributed by atoms with van der Waals surface area (Å²) in [5.41, 5.74) is 1.29. The molecule has 1 N–H and O–H groups in total. The van der Waals surface area contributed by atoms with Crippen LogP contribution in [0.3, 0.4) is 0 Å². The smallest absolute Gasteiger partial charge is 0.270 e. The first kappa shape index (κ1) is 17.1. The molecular weight excluding hydrogens is 271 g/mol. The molecule has 4 nitrogen and oxygen atoms in total. The SMILES string of the molecule is CC.CC.COc1cc2nc(C3CC3)c(=O)[nH]c2cc1F. The summed E-state index contributed by atoms with van der Waals surface area (Å²) in [6, 6.07) is 2.74. The van der Waals surface area contributed by atoms with Crippen molar-refractivity contribution in [1.29, 1.82) is 0 Å². The predicted molar refractivity (Wildman–Crippen MR) is 83.5 cm³/mol. The summed E-state index contributed by atoms with van der Waals surface area (Å²) in [7, 11) is 1.40. The summed E-state index contributed by atoms with van der Waals surface area (Å²) in [6.45, 7) is 8.00. The van der Waals surface area contributed by atoms with Crippen LogP contribution in [-0.2, 0) is 0 Å². The first-order valence-corrected chi connectivity index (χ1v) is 7.46. The van der Waals surface area contributed by atoms with Crippen LogP contribution in [0, 0.1) is 5.82 Å². The molecule has 5 heteroatoms. The largest absolute Gasteiger partial charge is 0.494 e. The number of nitrogens with zero attached hydrogens (tertiary/aromatic N) is 1. The van der Waals surface area contributed by atoms with Gasteiger partial charge in [-0.1, -0.05) is 27.7 Å². The first-order valence-electron chi connectivity index (χ1n) is 7.46. The maximum Gasteiger partial charge on any atom is 0.270 e. The lowest BCUT2D eigenvalue weighted by molar-refractivity contribution is 0.387. The number of aromatic amines is 1. The van der Waals surface area contributed by atoms with Crippen LogP contribution in [0.5, 0.6) is 5.75 Å². The fourth-order valence-corrected chi connectivity index (χ4v) is 1.89. The number of methoxy groups -OCH3 is 1. The van der Waals surface area contributed by atoms with Gasteiger partial charge in [0.25, 0.3) is 5.56 Å². The van der Waals surface area contributed by atoms with E-state index in [2.05, 4.69) is 9.97 Å². The number of rotatable bonds is 2. The van der Waals surface area contributed by atoms with Crippen molar-refractivity contribution in [2.24, 2.45) is 0 Å². The van der Waals surface area contributed by atoms with E-state index in [1.807, 2.05) is 27.7 Å². The van der Waals surface area contributed by atoms with Crippen molar-refractivity contribution in [2.45, 2.75) is 46.5 Å². The molecule has 0 spiro atoms. The molecule has 116 valence electrons. The molecule has 2 aromatic rings. The second-order valence-electron chi connectivity index (χ2n) is 4.23. The zero-order valence-corrected chi connectivity index (χ0v) is 13.3. The Morgan fingerprint density at radius 2 is 1.86 bits per heavy atom. The third-order valence-electron chi connectivity index (χ3n) is 2.96. The Kier molecular flexibility index (Phi) is 6.34. The Morgan fingerprint density at radius 1 is 1.24 bits per heavy atom. The Bertz CT molecular complexity index is 649. The minimum Gasteiger partial charge on any atom is -0.494 e. The Morgan fingerprint density at radius 3 is 2.38 bits per heavy atom. The molecule has 1 aromatic heterocycles. The molecule has 1 fully saturated rings. The summed E-state index contributed by atoms with van der Waals surface area (Å²) in [5.74, 6) is -0.102. The molecule has 1 aliphatic carbocycles. The van der Waals surface area contributed by atoms with E-state index < -0.39 is 5.82 Å². The van der Waals surface area contributed by atoms with E-state index >= 15 is 0 Å². The van der Waals surface area contributed by atoms with E-state index in [1.54, 1.807) is 0 Å². The molecule has 0 bridgehead atoms. The van der Waals surface area contributed by atoms with Gasteiger partial charge < -0.3 is 9.72 Å². The van der Waals surface area contributed by atoms with E-state index in [0.717, 1.165) is 12.8 Å². The molecule has 0 atom stereocenters. The maximum absolute atomic E-state index is 13.4. The monoisotopic (exact) mass is 294 g/mol. The number of fused-ring (bicyclic) bond motifs is 1. The molecule has 1 saturated carbocycles. The van der Waals surface area contributed by atoms with Crippen molar-refractivity contribution in [3.8, 4) is 5.75 Å². The normalized spacial score (nSPS) is 12.9. The van der Waals surface area contributed by atoms with Crippen LogP contribution < -0.4 is 10.3 Å². The van der Waals surface area contributed by atoms with Gasteiger partial charge in [-0.3, -0.25) is 4.79 Å². The lowest BCUT2D eigenvalue weighted by Gasteiger charge is -2.05. The van der Waals surface area contributed by atoms with Crippen molar-refractivity contribution in [2.75, 3.05) is 7.11 Å². The zero-order chi connectivity index (χ0) is 16.0. The number of halogens is 1. The molecule has 0 aliphatic heterocycles. The third-order valence-corrected chi connectivity index (χ3v) is 2.96.